The Bertz CT molecular complexity index is 413. The predicted octanol–water partition coefficient (Wildman–Crippen LogP) is 4.57. The maximum atomic E-state index is 12.0. The van der Waals surface area contributed by atoms with Crippen molar-refractivity contribution in [3.63, 3.8) is 0 Å². The molecule has 17 heavy (non-hydrogen) atoms. The molecule has 1 aliphatic carbocycles. The maximum Gasteiger partial charge on any atom is 0.140 e. The lowest BCUT2D eigenvalue weighted by Crippen LogP contribution is -2.24. The highest BCUT2D eigenvalue weighted by molar-refractivity contribution is 9.11. The van der Waals surface area contributed by atoms with Crippen LogP contribution >= 0.6 is 15.9 Å². The lowest BCUT2D eigenvalue weighted by molar-refractivity contribution is -0.121. The van der Waals surface area contributed by atoms with E-state index >= 15 is 0 Å². The largest absolute Gasteiger partial charge is 0.299 e. The van der Waals surface area contributed by atoms with E-state index in [9.17, 15) is 4.79 Å². The second kappa shape index (κ2) is 6.15. The van der Waals surface area contributed by atoms with Crippen LogP contribution in [0.25, 0.3) is 0 Å². The van der Waals surface area contributed by atoms with E-state index in [1.54, 1.807) is 0 Å². The summed E-state index contributed by atoms with van der Waals surface area (Å²) < 4.78 is 1.03. The van der Waals surface area contributed by atoms with Crippen molar-refractivity contribution in [2.45, 2.75) is 27.2 Å². The molecule has 2 heteroatoms. The van der Waals surface area contributed by atoms with E-state index in [4.69, 9.17) is 0 Å². The van der Waals surface area contributed by atoms with Crippen molar-refractivity contribution in [3.8, 4) is 0 Å². The molecule has 0 aromatic carbocycles. The van der Waals surface area contributed by atoms with E-state index in [1.807, 2.05) is 32.9 Å². The van der Waals surface area contributed by atoms with Crippen molar-refractivity contribution >= 4 is 21.7 Å². The molecule has 0 heterocycles. The number of allylic oxidation sites excluding steroid dienone is 7. The number of ketones is 1. The summed E-state index contributed by atoms with van der Waals surface area (Å²) in [5.41, 5.74) is 2.18. The fraction of sp³-hybridized carbons (Fsp3) is 0.400. The third-order valence-electron chi connectivity index (χ3n) is 3.07. The van der Waals surface area contributed by atoms with Gasteiger partial charge in [0.1, 0.15) is 5.78 Å². The summed E-state index contributed by atoms with van der Waals surface area (Å²) in [7, 11) is 0. The fourth-order valence-corrected chi connectivity index (χ4v) is 2.63. The topological polar surface area (TPSA) is 17.1 Å². The van der Waals surface area contributed by atoms with E-state index in [0.717, 1.165) is 15.6 Å². The van der Waals surface area contributed by atoms with Crippen LogP contribution in [0.15, 0.2) is 46.5 Å². The Labute approximate surface area is 112 Å². The molecule has 0 N–H and O–H groups in total. The first-order valence-electron chi connectivity index (χ1n) is 5.91. The Balaban J connectivity index is 3.11. The van der Waals surface area contributed by atoms with Gasteiger partial charge in [-0.2, -0.15) is 0 Å². The van der Waals surface area contributed by atoms with Crippen molar-refractivity contribution in [1.82, 2.24) is 0 Å². The fourth-order valence-electron chi connectivity index (χ4n) is 2.20. The first-order chi connectivity index (χ1) is 8.01. The molecule has 0 spiro atoms. The van der Waals surface area contributed by atoms with Gasteiger partial charge in [-0.05, 0) is 19.4 Å². The third kappa shape index (κ3) is 3.29. The van der Waals surface area contributed by atoms with Crippen molar-refractivity contribution in [2.24, 2.45) is 11.8 Å². The molecule has 0 amide bonds. The molecule has 0 aromatic heterocycles. The van der Waals surface area contributed by atoms with Crippen LogP contribution < -0.4 is 0 Å². The van der Waals surface area contributed by atoms with Gasteiger partial charge in [-0.15, -0.1) is 0 Å². The Morgan fingerprint density at radius 2 is 2.18 bits per heavy atom. The van der Waals surface area contributed by atoms with Gasteiger partial charge in [-0.1, -0.05) is 59.3 Å². The third-order valence-corrected chi connectivity index (χ3v) is 3.60. The molecule has 2 unspecified atom stereocenters. The van der Waals surface area contributed by atoms with Gasteiger partial charge in [0.05, 0.1) is 0 Å². The van der Waals surface area contributed by atoms with Gasteiger partial charge in [-0.3, -0.25) is 4.79 Å². The molecular weight excluding hydrogens is 276 g/mol. The molecule has 2 atom stereocenters. The minimum absolute atomic E-state index is 0.0517. The number of carbonyl (C=O) groups is 1. The Kier molecular flexibility index (Phi) is 5.13. The highest BCUT2D eigenvalue weighted by Crippen LogP contribution is 2.35. The van der Waals surface area contributed by atoms with Crippen molar-refractivity contribution in [3.05, 3.63) is 46.5 Å². The molecule has 0 fully saturated rings. The molecular formula is C15H19BrO. The molecule has 0 aromatic rings. The number of hydrogen-bond acceptors (Lipinski definition) is 1. The van der Waals surface area contributed by atoms with Crippen molar-refractivity contribution in [2.75, 3.05) is 0 Å². The van der Waals surface area contributed by atoms with E-state index in [-0.39, 0.29) is 17.6 Å². The van der Waals surface area contributed by atoms with Crippen LogP contribution in [0.5, 0.6) is 0 Å². The lowest BCUT2D eigenvalue weighted by atomic mass is 9.77. The van der Waals surface area contributed by atoms with Crippen LogP contribution in [-0.4, -0.2) is 5.78 Å². The van der Waals surface area contributed by atoms with Crippen LogP contribution in [0.1, 0.15) is 27.2 Å². The zero-order valence-electron chi connectivity index (χ0n) is 10.7. The van der Waals surface area contributed by atoms with Gasteiger partial charge >= 0.3 is 0 Å². The van der Waals surface area contributed by atoms with Gasteiger partial charge in [-0.25, -0.2) is 0 Å². The number of halogens is 1. The number of Topliss-reactive ketones (excluding diaryl/α,β-unsaturated/α-hetero) is 1. The summed E-state index contributed by atoms with van der Waals surface area (Å²) in [6, 6.07) is 0. The summed E-state index contributed by atoms with van der Waals surface area (Å²) >= 11 is 3.48. The second-order valence-corrected chi connectivity index (χ2v) is 5.22. The van der Waals surface area contributed by atoms with Gasteiger partial charge in [0.25, 0.3) is 0 Å². The zero-order valence-corrected chi connectivity index (χ0v) is 12.3. The molecule has 1 rings (SSSR count). The monoisotopic (exact) mass is 294 g/mol. The van der Waals surface area contributed by atoms with E-state index in [1.165, 1.54) is 0 Å². The molecule has 1 aliphatic rings. The van der Waals surface area contributed by atoms with Crippen LogP contribution in [0.2, 0.25) is 0 Å². The number of rotatable bonds is 4. The molecule has 0 radical (unpaired) electrons. The van der Waals surface area contributed by atoms with Crippen LogP contribution in [0.4, 0.5) is 0 Å². The van der Waals surface area contributed by atoms with Crippen LogP contribution in [0, 0.1) is 11.8 Å². The van der Waals surface area contributed by atoms with Crippen LogP contribution in [0.3, 0.4) is 0 Å². The average Bonchev–Trinajstić information content (AvgIpc) is 2.29. The standard InChI is InChI=1S/C15H19BrO/c1-5-12(10(3)4)14-9-11(16)7-8-13(14)15(17)6-2/h5,7-9,13-14H,3,6H2,1-2,4H3/b12-5+. The summed E-state index contributed by atoms with van der Waals surface area (Å²) in [6.45, 7) is 9.90. The molecule has 1 nitrogen and oxygen atoms in total. The molecule has 0 saturated carbocycles. The van der Waals surface area contributed by atoms with Gasteiger partial charge in [0.2, 0.25) is 0 Å². The number of hydrogen-bond donors (Lipinski definition) is 0. The summed E-state index contributed by atoms with van der Waals surface area (Å²) in [5.74, 6) is 0.344. The number of carbonyl (C=O) groups excluding carboxylic acids is 1. The molecule has 0 saturated heterocycles. The Morgan fingerprint density at radius 3 is 2.65 bits per heavy atom. The van der Waals surface area contributed by atoms with Gasteiger partial charge in [0, 0.05) is 22.7 Å². The normalized spacial score (nSPS) is 24.5. The van der Waals surface area contributed by atoms with Crippen molar-refractivity contribution in [1.29, 1.82) is 0 Å². The maximum absolute atomic E-state index is 12.0. The summed E-state index contributed by atoms with van der Waals surface area (Å²) in [5, 5.41) is 0. The minimum atomic E-state index is -0.0517. The minimum Gasteiger partial charge on any atom is -0.299 e. The lowest BCUT2D eigenvalue weighted by Gasteiger charge is -2.26. The molecule has 92 valence electrons. The van der Waals surface area contributed by atoms with E-state index in [0.29, 0.717) is 6.42 Å². The smallest absolute Gasteiger partial charge is 0.140 e. The summed E-state index contributed by atoms with van der Waals surface area (Å²) in [4.78, 5) is 12.0. The van der Waals surface area contributed by atoms with Gasteiger partial charge < -0.3 is 0 Å². The highest BCUT2D eigenvalue weighted by Gasteiger charge is 2.28. The molecule has 0 bridgehead atoms. The quantitative estimate of drug-likeness (QED) is 0.694. The van der Waals surface area contributed by atoms with E-state index < -0.39 is 0 Å². The summed E-state index contributed by atoms with van der Waals surface area (Å²) in [6.07, 6.45) is 8.68. The van der Waals surface area contributed by atoms with Crippen LogP contribution in [-0.2, 0) is 4.79 Å². The zero-order chi connectivity index (χ0) is 13.0. The Hall–Kier alpha value is -0.890. The first-order valence-corrected chi connectivity index (χ1v) is 6.70. The SMILES string of the molecule is C=C(C)/C(=C\C)C1C=C(Br)C=CC1C(=O)CC. The highest BCUT2D eigenvalue weighted by atomic mass is 79.9. The Morgan fingerprint density at radius 1 is 1.53 bits per heavy atom. The van der Waals surface area contributed by atoms with Gasteiger partial charge in [0.15, 0.2) is 0 Å². The first kappa shape index (κ1) is 14.2. The van der Waals surface area contributed by atoms with E-state index in [2.05, 4.69) is 34.7 Å². The van der Waals surface area contributed by atoms with Crippen molar-refractivity contribution < 1.29 is 4.79 Å². The average molecular weight is 295 g/mol. The molecule has 0 aliphatic heterocycles. The predicted molar refractivity (Wildman–Crippen MR) is 77.0 cm³/mol. The second-order valence-electron chi connectivity index (χ2n) is 4.31.